The molecule has 0 bridgehead atoms. The van der Waals surface area contributed by atoms with Crippen LogP contribution in [0.1, 0.15) is 28.0 Å². The molecule has 152 valence electrons. The molecule has 0 aliphatic carbocycles. The van der Waals surface area contributed by atoms with E-state index in [4.69, 9.17) is 16.3 Å². The number of carbonyl (C=O) groups is 2. The molecule has 7 nitrogen and oxygen atoms in total. The van der Waals surface area contributed by atoms with E-state index in [1.807, 2.05) is 0 Å². The van der Waals surface area contributed by atoms with Crippen LogP contribution in [0.3, 0.4) is 0 Å². The molecular weight excluding hydrogens is 421 g/mol. The molecule has 1 N–H and O–H groups in total. The third-order valence-corrected chi connectivity index (χ3v) is 5.66. The van der Waals surface area contributed by atoms with Gasteiger partial charge in [0.15, 0.2) is 0 Å². The van der Waals surface area contributed by atoms with Gasteiger partial charge < -0.3 is 10.1 Å². The van der Waals surface area contributed by atoms with Crippen LogP contribution in [0.5, 0.6) is 0 Å². The van der Waals surface area contributed by atoms with Crippen LogP contribution in [0.2, 0.25) is 5.02 Å². The molecule has 3 aromatic rings. The second-order valence-corrected chi connectivity index (χ2v) is 7.59. The summed E-state index contributed by atoms with van der Waals surface area (Å²) < 4.78 is 19.5. The van der Waals surface area contributed by atoms with Crippen molar-refractivity contribution in [1.29, 1.82) is 0 Å². The molecule has 1 aromatic carbocycles. The Morgan fingerprint density at radius 2 is 2.07 bits per heavy atom. The molecule has 0 atom stereocenters. The summed E-state index contributed by atoms with van der Waals surface area (Å²) in [6.45, 7) is 4.86. The van der Waals surface area contributed by atoms with E-state index in [9.17, 15) is 18.8 Å². The van der Waals surface area contributed by atoms with Crippen LogP contribution in [0.15, 0.2) is 23.0 Å². The predicted octanol–water partition coefficient (Wildman–Crippen LogP) is 3.68. The lowest BCUT2D eigenvalue weighted by molar-refractivity contribution is -0.116. The van der Waals surface area contributed by atoms with Crippen molar-refractivity contribution in [1.82, 2.24) is 9.55 Å². The lowest BCUT2D eigenvalue weighted by Gasteiger charge is -2.10. The van der Waals surface area contributed by atoms with E-state index in [0.717, 1.165) is 17.4 Å². The molecule has 10 heteroatoms. The first-order chi connectivity index (χ1) is 13.7. The molecule has 0 radical (unpaired) electrons. The Kier molecular flexibility index (Phi) is 5.99. The van der Waals surface area contributed by atoms with Crippen molar-refractivity contribution >= 4 is 50.7 Å². The number of halogens is 2. The second-order valence-electron chi connectivity index (χ2n) is 6.18. The maximum absolute atomic E-state index is 13.3. The molecule has 29 heavy (non-hydrogen) atoms. The fourth-order valence-corrected chi connectivity index (χ4v) is 4.11. The predicted molar refractivity (Wildman–Crippen MR) is 109 cm³/mol. The summed E-state index contributed by atoms with van der Waals surface area (Å²) in [5, 5.41) is 2.72. The highest BCUT2D eigenvalue weighted by atomic mass is 35.5. The Morgan fingerprint density at radius 3 is 2.72 bits per heavy atom. The van der Waals surface area contributed by atoms with Crippen LogP contribution in [-0.2, 0) is 16.1 Å². The van der Waals surface area contributed by atoms with Crippen molar-refractivity contribution < 1.29 is 18.7 Å². The molecule has 2 heterocycles. The summed E-state index contributed by atoms with van der Waals surface area (Å²) in [5.41, 5.74) is 0.349. The number of thiophene rings is 1. The van der Waals surface area contributed by atoms with Gasteiger partial charge in [0.05, 0.1) is 17.0 Å². The fraction of sp³-hybridized carbons (Fsp3) is 0.263. The third kappa shape index (κ3) is 4.15. The quantitative estimate of drug-likeness (QED) is 0.615. The largest absolute Gasteiger partial charge is 0.462 e. The van der Waals surface area contributed by atoms with E-state index in [1.165, 1.54) is 16.7 Å². The third-order valence-electron chi connectivity index (χ3n) is 4.21. The molecule has 0 aliphatic heterocycles. The molecule has 3 rings (SSSR count). The number of hydrogen-bond donors (Lipinski definition) is 1. The van der Waals surface area contributed by atoms with Gasteiger partial charge in [-0.2, -0.15) is 0 Å². The number of ether oxygens (including phenoxy) is 1. The van der Waals surface area contributed by atoms with E-state index in [1.54, 1.807) is 20.8 Å². The number of anilines is 1. The number of aryl methyl sites for hydroxylation is 2. The highest BCUT2D eigenvalue weighted by Crippen LogP contribution is 2.28. The Hall–Kier alpha value is -2.78. The van der Waals surface area contributed by atoms with Gasteiger partial charge in [-0.1, -0.05) is 11.6 Å². The summed E-state index contributed by atoms with van der Waals surface area (Å²) in [6, 6.07) is 3.78. The van der Waals surface area contributed by atoms with Crippen LogP contribution in [-0.4, -0.2) is 28.0 Å². The molecular formula is C19H17ClFN3O4S. The van der Waals surface area contributed by atoms with E-state index in [2.05, 4.69) is 10.3 Å². The first-order valence-corrected chi connectivity index (χ1v) is 9.85. The number of amides is 1. The van der Waals surface area contributed by atoms with Crippen LogP contribution < -0.4 is 10.9 Å². The topological polar surface area (TPSA) is 90.3 Å². The summed E-state index contributed by atoms with van der Waals surface area (Å²) in [4.78, 5) is 42.6. The number of rotatable bonds is 5. The molecule has 1 amide bonds. The van der Waals surface area contributed by atoms with Crippen molar-refractivity contribution in [2.45, 2.75) is 27.3 Å². The van der Waals surface area contributed by atoms with Gasteiger partial charge in [0.25, 0.3) is 5.56 Å². The average Bonchev–Trinajstić information content (AvgIpc) is 2.98. The van der Waals surface area contributed by atoms with Crippen molar-refractivity contribution in [2.24, 2.45) is 0 Å². The first-order valence-electron chi connectivity index (χ1n) is 8.65. The maximum Gasteiger partial charge on any atom is 0.348 e. The molecule has 0 spiro atoms. The molecule has 0 saturated heterocycles. The Morgan fingerprint density at radius 1 is 1.34 bits per heavy atom. The number of esters is 1. The maximum atomic E-state index is 13.3. The van der Waals surface area contributed by atoms with E-state index in [-0.39, 0.29) is 23.6 Å². The average molecular weight is 438 g/mol. The van der Waals surface area contributed by atoms with Gasteiger partial charge in [-0.05, 0) is 44.5 Å². The standard InChI is InChI=1S/C19H17ClFN3O4S/c1-4-28-19(27)16-9(2)15-17(29-16)22-10(3)24(18(15)26)8-14(25)23-11-5-6-13(21)12(20)7-11/h5-7H,4,8H2,1-3H3,(H,23,25). The summed E-state index contributed by atoms with van der Waals surface area (Å²) in [5.74, 6) is -1.29. The fourth-order valence-electron chi connectivity index (χ4n) is 2.81. The van der Waals surface area contributed by atoms with Crippen molar-refractivity contribution in [2.75, 3.05) is 11.9 Å². The van der Waals surface area contributed by atoms with Gasteiger partial charge >= 0.3 is 5.97 Å². The highest BCUT2D eigenvalue weighted by Gasteiger charge is 2.22. The van der Waals surface area contributed by atoms with Crippen LogP contribution in [0.25, 0.3) is 10.2 Å². The minimum Gasteiger partial charge on any atom is -0.462 e. The summed E-state index contributed by atoms with van der Waals surface area (Å²) >= 11 is 6.80. The van der Waals surface area contributed by atoms with Crippen molar-refractivity contribution in [3.63, 3.8) is 0 Å². The number of nitrogens with one attached hydrogen (secondary N) is 1. The number of fused-ring (bicyclic) bond motifs is 1. The normalized spacial score (nSPS) is 10.9. The zero-order chi connectivity index (χ0) is 21.3. The SMILES string of the molecule is CCOC(=O)c1sc2nc(C)n(CC(=O)Nc3ccc(F)c(Cl)c3)c(=O)c2c1C. The smallest absolute Gasteiger partial charge is 0.348 e. The van der Waals surface area contributed by atoms with Gasteiger partial charge in [0.1, 0.15) is 27.9 Å². The molecule has 0 fully saturated rings. The Bertz CT molecular complexity index is 1190. The lowest BCUT2D eigenvalue weighted by Crippen LogP contribution is -2.30. The number of aromatic nitrogens is 2. The number of nitrogens with zero attached hydrogens (tertiary/aromatic N) is 2. The number of hydrogen-bond acceptors (Lipinski definition) is 6. The van der Waals surface area contributed by atoms with Crippen LogP contribution >= 0.6 is 22.9 Å². The van der Waals surface area contributed by atoms with Crippen molar-refractivity contribution in [3.8, 4) is 0 Å². The first kappa shape index (κ1) is 20.9. The zero-order valence-corrected chi connectivity index (χ0v) is 17.4. The molecule has 2 aromatic heterocycles. The zero-order valence-electron chi connectivity index (χ0n) is 15.8. The van der Waals surface area contributed by atoms with Crippen molar-refractivity contribution in [3.05, 3.63) is 55.7 Å². The minimum atomic E-state index is -0.600. The van der Waals surface area contributed by atoms with Gasteiger partial charge in [-0.3, -0.25) is 14.2 Å². The van der Waals surface area contributed by atoms with E-state index >= 15 is 0 Å². The number of carbonyl (C=O) groups excluding carboxylic acids is 2. The number of benzene rings is 1. The van der Waals surface area contributed by atoms with Crippen LogP contribution in [0.4, 0.5) is 10.1 Å². The second kappa shape index (κ2) is 8.30. The summed E-state index contributed by atoms with van der Waals surface area (Å²) in [6.07, 6.45) is 0. The van der Waals surface area contributed by atoms with Gasteiger partial charge in [-0.15, -0.1) is 11.3 Å². The monoisotopic (exact) mass is 437 g/mol. The Balaban J connectivity index is 1.94. The minimum absolute atomic E-state index is 0.125. The Labute approximate surface area is 174 Å². The van der Waals surface area contributed by atoms with E-state index < -0.39 is 23.3 Å². The van der Waals surface area contributed by atoms with Crippen LogP contribution in [0, 0.1) is 19.7 Å². The van der Waals surface area contributed by atoms with Gasteiger partial charge in [0.2, 0.25) is 5.91 Å². The lowest BCUT2D eigenvalue weighted by atomic mass is 10.2. The van der Waals surface area contributed by atoms with Gasteiger partial charge in [-0.25, -0.2) is 14.2 Å². The summed E-state index contributed by atoms with van der Waals surface area (Å²) in [7, 11) is 0. The molecule has 0 aliphatic rings. The van der Waals surface area contributed by atoms with E-state index in [0.29, 0.717) is 26.8 Å². The van der Waals surface area contributed by atoms with Gasteiger partial charge in [0, 0.05) is 5.69 Å². The highest BCUT2D eigenvalue weighted by molar-refractivity contribution is 7.20. The molecule has 0 saturated carbocycles. The molecule has 0 unspecified atom stereocenters.